The minimum absolute atomic E-state index is 0.164. The van der Waals surface area contributed by atoms with Crippen LogP contribution in [0.1, 0.15) is 23.4 Å². The first-order valence-electron chi connectivity index (χ1n) is 6.04. The number of carbonyl (C=O) groups is 1. The summed E-state index contributed by atoms with van der Waals surface area (Å²) < 4.78 is 13.8. The van der Waals surface area contributed by atoms with Crippen molar-refractivity contribution < 1.29 is 9.18 Å². The van der Waals surface area contributed by atoms with E-state index in [0.29, 0.717) is 0 Å². The van der Waals surface area contributed by atoms with Crippen molar-refractivity contribution in [1.29, 1.82) is 0 Å². The molecule has 0 spiro atoms. The Balaban J connectivity index is 1.94. The maximum absolute atomic E-state index is 12.8. The van der Waals surface area contributed by atoms with Crippen LogP contribution in [0.2, 0.25) is 0 Å². The first-order valence-corrected chi connectivity index (χ1v) is 7.65. The van der Waals surface area contributed by atoms with Crippen LogP contribution in [-0.2, 0) is 4.79 Å². The predicted octanol–water partition coefficient (Wildman–Crippen LogP) is 4.54. The molecule has 1 aromatic carbocycles. The van der Waals surface area contributed by atoms with Crippen LogP contribution in [0.25, 0.3) is 6.08 Å². The Bertz CT molecular complexity index is 621. The molecule has 1 N–H and O–H groups in total. The van der Waals surface area contributed by atoms with Crippen molar-refractivity contribution in [2.75, 3.05) is 0 Å². The topological polar surface area (TPSA) is 29.1 Å². The van der Waals surface area contributed by atoms with E-state index in [-0.39, 0.29) is 17.8 Å². The Morgan fingerprint density at radius 3 is 2.60 bits per heavy atom. The molecule has 0 bridgehead atoms. The third-order valence-corrected chi connectivity index (χ3v) is 4.31. The van der Waals surface area contributed by atoms with E-state index in [2.05, 4.69) is 21.2 Å². The standard InChI is InChI=1S/C15H13BrFNOS/c1-10(11-2-4-12(17)5-3-11)18-15(19)9-7-13-6-8-14(16)20-13/h2-10H,1H3,(H,18,19)/b9-7+/t10-/m1/s1. The van der Waals surface area contributed by atoms with Gasteiger partial charge in [0.2, 0.25) is 5.91 Å². The lowest BCUT2D eigenvalue weighted by Gasteiger charge is -2.12. The van der Waals surface area contributed by atoms with Crippen LogP contribution in [0, 0.1) is 5.82 Å². The summed E-state index contributed by atoms with van der Waals surface area (Å²) in [4.78, 5) is 12.8. The summed E-state index contributed by atoms with van der Waals surface area (Å²) in [6, 6.07) is 9.81. The van der Waals surface area contributed by atoms with E-state index in [1.165, 1.54) is 18.2 Å². The minimum atomic E-state index is -0.282. The molecule has 0 aliphatic heterocycles. The smallest absolute Gasteiger partial charge is 0.244 e. The number of halogens is 2. The molecule has 0 unspecified atom stereocenters. The molecular formula is C15H13BrFNOS. The largest absolute Gasteiger partial charge is 0.346 e. The summed E-state index contributed by atoms with van der Waals surface area (Å²) in [6.07, 6.45) is 3.26. The van der Waals surface area contributed by atoms with Crippen molar-refractivity contribution in [3.63, 3.8) is 0 Å². The number of thiophene rings is 1. The molecule has 0 aliphatic carbocycles. The maximum Gasteiger partial charge on any atom is 0.244 e. The Labute approximate surface area is 129 Å². The van der Waals surface area contributed by atoms with Crippen LogP contribution in [-0.4, -0.2) is 5.91 Å². The number of hydrogen-bond donors (Lipinski definition) is 1. The molecule has 2 rings (SSSR count). The van der Waals surface area contributed by atoms with Gasteiger partial charge in [0.25, 0.3) is 0 Å². The van der Waals surface area contributed by atoms with E-state index in [4.69, 9.17) is 0 Å². The van der Waals surface area contributed by atoms with Crippen molar-refractivity contribution in [1.82, 2.24) is 5.32 Å². The van der Waals surface area contributed by atoms with Crippen LogP contribution >= 0.6 is 27.3 Å². The van der Waals surface area contributed by atoms with Gasteiger partial charge in [-0.25, -0.2) is 4.39 Å². The van der Waals surface area contributed by atoms with Gasteiger partial charge in [-0.15, -0.1) is 11.3 Å². The highest BCUT2D eigenvalue weighted by Crippen LogP contribution is 2.23. The van der Waals surface area contributed by atoms with E-state index in [0.717, 1.165) is 14.2 Å². The third kappa shape index (κ3) is 4.28. The summed E-state index contributed by atoms with van der Waals surface area (Å²) in [5, 5.41) is 2.84. The average Bonchev–Trinajstić information content (AvgIpc) is 2.83. The van der Waals surface area contributed by atoms with E-state index < -0.39 is 0 Å². The van der Waals surface area contributed by atoms with Crippen molar-refractivity contribution >= 4 is 39.2 Å². The number of hydrogen-bond acceptors (Lipinski definition) is 2. The molecule has 0 aliphatic rings. The molecule has 2 aromatic rings. The number of benzene rings is 1. The first kappa shape index (κ1) is 14.9. The minimum Gasteiger partial charge on any atom is -0.346 e. The molecule has 1 heterocycles. The van der Waals surface area contributed by atoms with Crippen molar-refractivity contribution in [3.05, 3.63) is 62.5 Å². The number of amides is 1. The van der Waals surface area contributed by atoms with Crippen LogP contribution in [0.4, 0.5) is 4.39 Å². The molecule has 5 heteroatoms. The molecule has 104 valence electrons. The van der Waals surface area contributed by atoms with Gasteiger partial charge in [0, 0.05) is 11.0 Å². The second-order valence-corrected chi connectivity index (χ2v) is 6.75. The van der Waals surface area contributed by atoms with Crippen LogP contribution in [0.3, 0.4) is 0 Å². The van der Waals surface area contributed by atoms with E-state index in [9.17, 15) is 9.18 Å². The quantitative estimate of drug-likeness (QED) is 0.803. The van der Waals surface area contributed by atoms with E-state index >= 15 is 0 Å². The Kier molecular flexibility index (Phi) is 5.09. The molecule has 0 fully saturated rings. The average molecular weight is 354 g/mol. The first-order chi connectivity index (χ1) is 9.54. The second kappa shape index (κ2) is 6.81. The predicted molar refractivity (Wildman–Crippen MR) is 84.0 cm³/mol. The zero-order chi connectivity index (χ0) is 14.5. The van der Waals surface area contributed by atoms with Gasteiger partial charge in [-0.2, -0.15) is 0 Å². The fourth-order valence-corrected chi connectivity index (χ4v) is 3.00. The zero-order valence-corrected chi connectivity index (χ0v) is 13.2. The normalized spacial score (nSPS) is 12.6. The molecule has 0 radical (unpaired) electrons. The summed E-state index contributed by atoms with van der Waals surface area (Å²) >= 11 is 4.92. The molecule has 20 heavy (non-hydrogen) atoms. The SMILES string of the molecule is C[C@@H](NC(=O)/C=C/c1ccc(Br)s1)c1ccc(F)cc1. The number of nitrogens with one attached hydrogen (secondary N) is 1. The fourth-order valence-electron chi connectivity index (χ4n) is 1.67. The van der Waals surface area contributed by atoms with Gasteiger partial charge in [-0.3, -0.25) is 4.79 Å². The van der Waals surface area contributed by atoms with Gasteiger partial charge in [0.05, 0.1) is 9.83 Å². The van der Waals surface area contributed by atoms with Gasteiger partial charge in [0.15, 0.2) is 0 Å². The zero-order valence-electron chi connectivity index (χ0n) is 10.8. The highest BCUT2D eigenvalue weighted by molar-refractivity contribution is 9.11. The molecular weight excluding hydrogens is 341 g/mol. The highest BCUT2D eigenvalue weighted by Gasteiger charge is 2.07. The summed E-state index contributed by atoms with van der Waals surface area (Å²) in [5.41, 5.74) is 0.868. The van der Waals surface area contributed by atoms with Gasteiger partial charge in [0.1, 0.15) is 5.82 Å². The van der Waals surface area contributed by atoms with E-state index in [1.54, 1.807) is 29.5 Å². The molecule has 2 nitrogen and oxygen atoms in total. The lowest BCUT2D eigenvalue weighted by Crippen LogP contribution is -2.24. The molecule has 1 aromatic heterocycles. The molecule has 0 saturated carbocycles. The second-order valence-electron chi connectivity index (χ2n) is 4.26. The summed E-state index contributed by atoms with van der Waals surface area (Å²) in [5.74, 6) is -0.457. The van der Waals surface area contributed by atoms with Crippen molar-refractivity contribution in [3.8, 4) is 0 Å². The van der Waals surface area contributed by atoms with Gasteiger partial charge >= 0.3 is 0 Å². The number of carbonyl (C=O) groups excluding carboxylic acids is 1. The lowest BCUT2D eigenvalue weighted by atomic mass is 10.1. The molecule has 1 atom stereocenters. The number of rotatable bonds is 4. The summed E-state index contributed by atoms with van der Waals surface area (Å²) in [7, 11) is 0. The third-order valence-electron chi connectivity index (χ3n) is 2.72. The maximum atomic E-state index is 12.8. The Morgan fingerprint density at radius 2 is 2.00 bits per heavy atom. The highest BCUT2D eigenvalue weighted by atomic mass is 79.9. The molecule has 0 saturated heterocycles. The van der Waals surface area contributed by atoms with E-state index in [1.807, 2.05) is 19.1 Å². The molecule has 1 amide bonds. The monoisotopic (exact) mass is 353 g/mol. The van der Waals surface area contributed by atoms with Crippen LogP contribution in [0.5, 0.6) is 0 Å². The fraction of sp³-hybridized carbons (Fsp3) is 0.133. The van der Waals surface area contributed by atoms with Crippen molar-refractivity contribution in [2.45, 2.75) is 13.0 Å². The van der Waals surface area contributed by atoms with Crippen molar-refractivity contribution in [2.24, 2.45) is 0 Å². The lowest BCUT2D eigenvalue weighted by molar-refractivity contribution is -0.117. The van der Waals surface area contributed by atoms with Gasteiger partial charge in [-0.1, -0.05) is 12.1 Å². The van der Waals surface area contributed by atoms with Gasteiger partial charge in [-0.05, 0) is 58.8 Å². The Hall–Kier alpha value is -1.46. The van der Waals surface area contributed by atoms with Gasteiger partial charge < -0.3 is 5.32 Å². The summed E-state index contributed by atoms with van der Waals surface area (Å²) in [6.45, 7) is 1.86. The van der Waals surface area contributed by atoms with Crippen LogP contribution in [0.15, 0.2) is 46.3 Å². The Morgan fingerprint density at radius 1 is 1.30 bits per heavy atom. The van der Waals surface area contributed by atoms with Crippen LogP contribution < -0.4 is 5.32 Å².